The monoisotopic (exact) mass is 813 g/mol. The van der Waals surface area contributed by atoms with Crippen LogP contribution in [0, 0.1) is 62.1 Å². The van der Waals surface area contributed by atoms with Crippen molar-refractivity contribution >= 4 is 29.4 Å². The fourth-order valence-electron chi connectivity index (χ4n) is 15.2. The predicted molar refractivity (Wildman–Crippen MR) is 228 cm³/mol. The maximum atomic E-state index is 15.5. The lowest BCUT2D eigenvalue weighted by Gasteiger charge is -2.73. The number of allylic oxidation sites excluding steroid dienone is 1. The van der Waals surface area contributed by atoms with Crippen molar-refractivity contribution in [2.24, 2.45) is 62.1 Å². The average Bonchev–Trinajstić information content (AvgIpc) is 3.92. The lowest BCUT2D eigenvalue weighted by Crippen LogP contribution is -2.67. The number of amides is 1. The third-order valence-corrected chi connectivity index (χ3v) is 18.7. The zero-order chi connectivity index (χ0) is 41.8. The van der Waals surface area contributed by atoms with Gasteiger partial charge >= 0.3 is 11.9 Å². The summed E-state index contributed by atoms with van der Waals surface area (Å²) in [5.74, 6) is 1.86. The minimum atomic E-state index is -1.16. The molecule has 6 fully saturated rings. The molecule has 1 saturated heterocycles. The summed E-state index contributed by atoms with van der Waals surface area (Å²) in [7, 11) is 0. The molecule has 6 aliphatic rings. The second-order valence-corrected chi connectivity index (χ2v) is 22.3. The van der Waals surface area contributed by atoms with Crippen molar-refractivity contribution in [3.63, 3.8) is 0 Å². The number of benzene rings is 1. The van der Waals surface area contributed by atoms with Crippen molar-refractivity contribution < 1.29 is 24.2 Å². The quantitative estimate of drug-likeness (QED) is 0.203. The molecule has 0 radical (unpaired) electrons. The van der Waals surface area contributed by atoms with Gasteiger partial charge in [0.25, 0.3) is 0 Å². The van der Waals surface area contributed by atoms with Gasteiger partial charge in [0.1, 0.15) is 11.9 Å². The summed E-state index contributed by atoms with van der Waals surface area (Å²) in [6.45, 7) is 23.2. The third-order valence-electron chi connectivity index (χ3n) is 18.5. The number of imidazole rings is 1. The first-order valence-corrected chi connectivity index (χ1v) is 22.8. The normalized spacial score (nSPS) is 39.2. The van der Waals surface area contributed by atoms with Gasteiger partial charge in [-0.2, -0.15) is 0 Å². The third kappa shape index (κ3) is 6.17. The van der Waals surface area contributed by atoms with Gasteiger partial charge in [-0.1, -0.05) is 70.5 Å². The van der Waals surface area contributed by atoms with Crippen LogP contribution in [0.2, 0.25) is 5.02 Å². The van der Waals surface area contributed by atoms with Crippen molar-refractivity contribution in [1.82, 2.24) is 14.9 Å². The first kappa shape index (κ1) is 41.6. The standard InChI is InChI=1S/C49H68ClN3O5/c1-29(2)32-18-23-49(42(55)53-26-10-11-35(53)41-51-28-34(52-41)30-12-14-31(50)15-13-30)25-24-47(8)33(40(32)49)16-17-37-46(7)21-20-38(58-39(54)27-44(3,4)43(56)57)45(5,6)36(46)19-22-48(37,47)9/h12-15,28,32-33,35-38,40H,1,10-11,16-27H2,2-9H3,(H,51,52)(H,56,57)/t32-,33+,35-,36-,37+,38-,40+,46-,47+,48+,49-/m0/s1. The Morgan fingerprint density at radius 2 is 1.66 bits per heavy atom. The zero-order valence-corrected chi connectivity index (χ0v) is 37.1. The summed E-state index contributed by atoms with van der Waals surface area (Å²) in [5, 5.41) is 10.4. The number of hydrogen-bond donors (Lipinski definition) is 2. The van der Waals surface area contributed by atoms with E-state index in [0.29, 0.717) is 34.6 Å². The molecule has 1 amide bonds. The summed E-state index contributed by atoms with van der Waals surface area (Å²) in [6, 6.07) is 7.77. The Morgan fingerprint density at radius 3 is 2.34 bits per heavy atom. The highest BCUT2D eigenvalue weighted by Gasteiger charge is 2.72. The molecule has 0 unspecified atom stereocenters. The van der Waals surface area contributed by atoms with E-state index < -0.39 is 17.4 Å². The Labute approximate surface area is 351 Å². The molecule has 58 heavy (non-hydrogen) atoms. The summed E-state index contributed by atoms with van der Waals surface area (Å²) in [6.07, 6.45) is 13.8. The number of hydrogen-bond acceptors (Lipinski definition) is 5. The van der Waals surface area contributed by atoms with E-state index in [1.165, 1.54) is 5.57 Å². The topological polar surface area (TPSA) is 113 Å². The van der Waals surface area contributed by atoms with Crippen molar-refractivity contribution in [2.45, 2.75) is 151 Å². The number of nitrogens with one attached hydrogen (secondary N) is 1. The van der Waals surface area contributed by atoms with Crippen LogP contribution in [-0.2, 0) is 19.1 Å². The fourth-order valence-corrected chi connectivity index (χ4v) is 15.3. The summed E-state index contributed by atoms with van der Waals surface area (Å²) >= 11 is 6.18. The Bertz CT molecular complexity index is 1970. The van der Waals surface area contributed by atoms with Crippen LogP contribution >= 0.6 is 11.6 Å². The molecule has 0 bridgehead atoms. The Hall–Kier alpha value is -3.13. The number of carbonyl (C=O) groups is 3. The summed E-state index contributed by atoms with van der Waals surface area (Å²) in [4.78, 5) is 51.2. The van der Waals surface area contributed by atoms with E-state index in [0.717, 1.165) is 101 Å². The van der Waals surface area contributed by atoms with Gasteiger partial charge in [0.15, 0.2) is 0 Å². The highest BCUT2D eigenvalue weighted by molar-refractivity contribution is 6.30. The molecular formula is C49H68ClN3O5. The summed E-state index contributed by atoms with van der Waals surface area (Å²) in [5.41, 5.74) is 1.76. The number of ether oxygens (including phenoxy) is 1. The molecule has 2 heterocycles. The smallest absolute Gasteiger partial charge is 0.309 e. The van der Waals surface area contributed by atoms with Gasteiger partial charge in [-0.25, -0.2) is 4.98 Å². The second-order valence-electron chi connectivity index (χ2n) is 21.9. The second kappa shape index (κ2) is 14.2. The van der Waals surface area contributed by atoms with Crippen LogP contribution in [0.1, 0.15) is 151 Å². The first-order chi connectivity index (χ1) is 27.2. The highest BCUT2D eigenvalue weighted by Crippen LogP contribution is 2.78. The van der Waals surface area contributed by atoms with Gasteiger partial charge in [-0.05, 0) is 161 Å². The van der Waals surface area contributed by atoms with E-state index in [-0.39, 0.29) is 51.6 Å². The molecule has 8 rings (SSSR count). The SMILES string of the molecule is C=C(C)[C@@H]1CC[C@]2(C(=O)N3CCC[C@H]3c3ncc(-c4ccc(Cl)cc4)[nH]3)CC[C@]3(C)[C@H](CC[C@@H]4[C@@]5(C)CC[C@H](OC(=O)CC(C)(C)C(=O)O)C(C)(C)[C@@H]5CC[C@]43C)[C@@H]12. The maximum absolute atomic E-state index is 15.5. The summed E-state index contributed by atoms with van der Waals surface area (Å²) < 4.78 is 6.22. The number of aliphatic carboxylic acids is 1. The molecule has 5 saturated carbocycles. The van der Waals surface area contributed by atoms with Gasteiger partial charge < -0.3 is 19.7 Å². The molecule has 2 aromatic rings. The fraction of sp³-hybridized carbons (Fsp3) is 0.714. The highest BCUT2D eigenvalue weighted by atomic mass is 35.5. The van der Waals surface area contributed by atoms with Crippen molar-refractivity contribution in [3.05, 3.63) is 53.5 Å². The molecule has 2 N–H and O–H groups in total. The van der Waals surface area contributed by atoms with E-state index in [9.17, 15) is 14.7 Å². The molecule has 9 heteroatoms. The molecule has 1 aromatic heterocycles. The number of carbonyl (C=O) groups excluding carboxylic acids is 2. The number of esters is 1. The molecule has 8 nitrogen and oxygen atoms in total. The zero-order valence-electron chi connectivity index (χ0n) is 36.4. The molecule has 5 aliphatic carbocycles. The van der Waals surface area contributed by atoms with Crippen LogP contribution in [0.3, 0.4) is 0 Å². The van der Waals surface area contributed by atoms with Crippen molar-refractivity contribution in [2.75, 3.05) is 6.54 Å². The Morgan fingerprint density at radius 1 is 0.931 bits per heavy atom. The number of H-pyrrole nitrogens is 1. The van der Waals surface area contributed by atoms with Gasteiger partial charge in [0, 0.05) is 17.0 Å². The minimum absolute atomic E-state index is 0.0503. The number of likely N-dealkylation sites (tertiary alicyclic amines) is 1. The number of nitrogens with zero attached hydrogens (tertiary/aromatic N) is 2. The lowest BCUT2D eigenvalue weighted by atomic mass is 9.32. The molecule has 1 aromatic carbocycles. The molecule has 1 aliphatic heterocycles. The molecular weight excluding hydrogens is 746 g/mol. The average molecular weight is 815 g/mol. The van der Waals surface area contributed by atoms with Crippen LogP contribution in [0.4, 0.5) is 0 Å². The van der Waals surface area contributed by atoms with E-state index in [2.05, 4.69) is 58.0 Å². The van der Waals surface area contributed by atoms with Crippen LogP contribution in [0.5, 0.6) is 0 Å². The van der Waals surface area contributed by atoms with Gasteiger partial charge in [0.05, 0.1) is 35.2 Å². The van der Waals surface area contributed by atoms with Gasteiger partial charge in [-0.3, -0.25) is 14.4 Å². The van der Waals surface area contributed by atoms with Crippen molar-refractivity contribution in [3.8, 4) is 11.3 Å². The largest absolute Gasteiger partial charge is 0.481 e. The lowest BCUT2D eigenvalue weighted by molar-refractivity contribution is -0.250. The van der Waals surface area contributed by atoms with E-state index in [1.807, 2.05) is 30.5 Å². The Kier molecular flexibility index (Phi) is 10.2. The molecule has 316 valence electrons. The number of fused-ring (bicyclic) bond motifs is 7. The van der Waals surface area contributed by atoms with Crippen LogP contribution < -0.4 is 0 Å². The van der Waals surface area contributed by atoms with E-state index in [4.69, 9.17) is 21.3 Å². The number of carboxylic acids is 1. The number of aromatic amines is 1. The van der Waals surface area contributed by atoms with Gasteiger partial charge in [-0.15, -0.1) is 0 Å². The predicted octanol–water partition coefficient (Wildman–Crippen LogP) is 11.5. The number of rotatable bonds is 8. The minimum Gasteiger partial charge on any atom is -0.481 e. The molecule has 11 atom stereocenters. The van der Waals surface area contributed by atoms with Crippen LogP contribution in [0.15, 0.2) is 42.6 Å². The van der Waals surface area contributed by atoms with Crippen molar-refractivity contribution in [1.29, 1.82) is 0 Å². The Balaban J connectivity index is 1.05. The maximum Gasteiger partial charge on any atom is 0.309 e. The first-order valence-electron chi connectivity index (χ1n) is 22.4. The van der Waals surface area contributed by atoms with Gasteiger partial charge in [0.2, 0.25) is 5.91 Å². The number of halogens is 1. The number of aromatic nitrogens is 2. The van der Waals surface area contributed by atoms with Crippen LogP contribution in [-0.4, -0.2) is 50.5 Å². The van der Waals surface area contributed by atoms with E-state index >= 15 is 4.79 Å². The number of carboxylic acid groups (broad SMARTS) is 1. The van der Waals surface area contributed by atoms with E-state index in [1.54, 1.807) is 13.8 Å². The molecule has 0 spiro atoms. The van der Waals surface area contributed by atoms with Crippen LogP contribution in [0.25, 0.3) is 11.3 Å².